The lowest BCUT2D eigenvalue weighted by Crippen LogP contribution is -2.57. The molecular formula is C54H37BN2. The molecule has 9 aromatic carbocycles. The van der Waals surface area contributed by atoms with Crippen molar-refractivity contribution in [3.8, 4) is 33.6 Å². The van der Waals surface area contributed by atoms with Gasteiger partial charge >= 0.3 is 0 Å². The second kappa shape index (κ2) is 10.9. The molecule has 0 radical (unpaired) electrons. The van der Waals surface area contributed by atoms with Crippen LogP contribution in [0.3, 0.4) is 0 Å². The van der Waals surface area contributed by atoms with Gasteiger partial charge in [-0.3, -0.25) is 0 Å². The molecule has 11 aromatic rings. The van der Waals surface area contributed by atoms with E-state index in [4.69, 9.17) is 8.22 Å². The number of hydrogen-bond acceptors (Lipinski definition) is 0. The van der Waals surface area contributed by atoms with Crippen molar-refractivity contribution < 1.29 is 13.7 Å². The van der Waals surface area contributed by atoms with Crippen LogP contribution in [0, 0.1) is 0 Å². The van der Waals surface area contributed by atoms with Crippen molar-refractivity contribution in [3.63, 3.8) is 0 Å². The number of rotatable bonds is 2. The first-order valence-electron chi connectivity index (χ1n) is 24.4. The molecule has 0 spiro atoms. The summed E-state index contributed by atoms with van der Waals surface area (Å²) in [5.74, 6) is 0. The van der Waals surface area contributed by atoms with Gasteiger partial charge in [0.25, 0.3) is 0 Å². The van der Waals surface area contributed by atoms with Crippen LogP contribution in [-0.4, -0.2) is 15.8 Å². The Morgan fingerprint density at radius 2 is 0.895 bits per heavy atom. The van der Waals surface area contributed by atoms with E-state index >= 15 is 0 Å². The smallest absolute Gasteiger partial charge is 0.244 e. The highest BCUT2D eigenvalue weighted by atomic mass is 15.0. The van der Waals surface area contributed by atoms with Gasteiger partial charge in [-0.1, -0.05) is 170 Å². The van der Waals surface area contributed by atoms with Gasteiger partial charge in [0, 0.05) is 43.7 Å². The summed E-state index contributed by atoms with van der Waals surface area (Å²) in [5.41, 5.74) is 11.8. The maximum atomic E-state index is 9.20. The number of benzene rings is 9. The van der Waals surface area contributed by atoms with Crippen molar-refractivity contribution in [1.29, 1.82) is 0 Å². The zero-order chi connectivity index (χ0) is 46.4. The molecule has 0 atom stereocenters. The van der Waals surface area contributed by atoms with Gasteiger partial charge in [-0.2, -0.15) is 0 Å². The third-order valence-corrected chi connectivity index (χ3v) is 12.6. The van der Waals surface area contributed by atoms with Crippen LogP contribution in [0.15, 0.2) is 170 Å². The fourth-order valence-electron chi connectivity index (χ4n) is 10.3. The van der Waals surface area contributed by atoms with E-state index in [9.17, 15) is 5.48 Å². The molecule has 0 saturated carbocycles. The lowest BCUT2D eigenvalue weighted by atomic mass is 9.31. The Hall–Kier alpha value is -6.84. The lowest BCUT2D eigenvalue weighted by Gasteiger charge is -2.36. The quantitative estimate of drug-likeness (QED) is 0.157. The number of nitrogens with zero attached hydrogens (tertiary/aromatic N) is 2. The summed E-state index contributed by atoms with van der Waals surface area (Å²) < 4.78 is 92.2. The van der Waals surface area contributed by atoms with E-state index in [2.05, 4.69) is 81.4 Å². The Balaban J connectivity index is 1.24. The third kappa shape index (κ3) is 4.01. The summed E-state index contributed by atoms with van der Waals surface area (Å²) in [4.78, 5) is 0. The maximum absolute atomic E-state index is 9.20. The van der Waals surface area contributed by atoms with Gasteiger partial charge in [-0.05, 0) is 80.3 Å². The summed E-state index contributed by atoms with van der Waals surface area (Å²) >= 11 is 0. The summed E-state index contributed by atoms with van der Waals surface area (Å²) in [5, 5.41) is 7.41. The first-order valence-corrected chi connectivity index (χ1v) is 19.4. The Kier molecular flexibility index (Phi) is 4.46. The highest BCUT2D eigenvalue weighted by Crippen LogP contribution is 2.46. The van der Waals surface area contributed by atoms with Crippen molar-refractivity contribution >= 4 is 88.3 Å². The van der Waals surface area contributed by atoms with Gasteiger partial charge in [0.2, 0.25) is 6.71 Å². The molecule has 0 bridgehead atoms. The molecule has 266 valence electrons. The molecule has 2 aliphatic heterocycles. The molecule has 0 N–H and O–H groups in total. The van der Waals surface area contributed by atoms with Crippen LogP contribution in [0.1, 0.15) is 40.0 Å². The van der Waals surface area contributed by atoms with Crippen molar-refractivity contribution in [2.45, 2.75) is 26.2 Å². The minimum Gasteiger partial charge on any atom is -0.309 e. The van der Waals surface area contributed by atoms with Crippen LogP contribution in [0.5, 0.6) is 0 Å². The second-order valence-corrected chi connectivity index (χ2v) is 16.5. The zero-order valence-corrected chi connectivity index (χ0v) is 31.4. The van der Waals surface area contributed by atoms with E-state index in [-0.39, 0.29) is 47.7 Å². The first kappa shape index (κ1) is 23.3. The van der Waals surface area contributed by atoms with Gasteiger partial charge in [0.05, 0.1) is 35.8 Å². The standard InChI is InChI=1S/C54H37BN2/c1-54(2,3)32-28-41-37-22-14-24-39-49(37)45(30-43-35-20-10-12-26-47(35)56(52(39)43)33-16-6-4-7-17-33)55-46-31-44-36-21-11-13-27-48(36)57(34-18-8-5-9-19-34)53(44)40-25-15-23-38(50(40)46)42(29-32)51(41)55/h4-31H,1-3H3/i4D,5D,6D,7D,8D,9D,16D,17D,18D,19D. The van der Waals surface area contributed by atoms with E-state index in [1.165, 1.54) is 5.46 Å². The van der Waals surface area contributed by atoms with Crippen LogP contribution >= 0.6 is 0 Å². The number of fused-ring (bicyclic) bond motifs is 12. The van der Waals surface area contributed by atoms with Crippen LogP contribution in [0.2, 0.25) is 0 Å². The Morgan fingerprint density at radius 3 is 1.35 bits per heavy atom. The summed E-state index contributed by atoms with van der Waals surface area (Å²) in [6.07, 6.45) is 0. The molecule has 0 fully saturated rings. The average Bonchev–Trinajstić information content (AvgIpc) is 3.83. The van der Waals surface area contributed by atoms with Crippen LogP contribution < -0.4 is 16.4 Å². The second-order valence-electron chi connectivity index (χ2n) is 16.5. The number of para-hydroxylation sites is 4. The van der Waals surface area contributed by atoms with Crippen LogP contribution in [0.4, 0.5) is 0 Å². The molecule has 3 heteroatoms. The highest BCUT2D eigenvalue weighted by molar-refractivity contribution is 7.01. The molecule has 2 aromatic heterocycles. The van der Waals surface area contributed by atoms with Gasteiger partial charge in [0.1, 0.15) is 0 Å². The molecule has 13 rings (SSSR count). The minimum absolute atomic E-state index is 0.0978. The van der Waals surface area contributed by atoms with Crippen molar-refractivity contribution in [3.05, 3.63) is 175 Å². The monoisotopic (exact) mass is 734 g/mol. The van der Waals surface area contributed by atoms with Crippen LogP contribution in [0.25, 0.3) is 98.8 Å². The van der Waals surface area contributed by atoms with E-state index in [0.29, 0.717) is 0 Å². The summed E-state index contributed by atoms with van der Waals surface area (Å²) in [7, 11) is 0. The van der Waals surface area contributed by atoms with Gasteiger partial charge in [0.15, 0.2) is 0 Å². The SMILES string of the molecule is [2H]c1c([2H])c([2H])c(-n2c3ccccc3c3cc4c5c(cccc5c32)-c2cc(C(C)(C)C)cc3c2B4c2cc4c5ccccc5n(-c5c([2H])c([2H])c([2H])c([2H])c5[2H])c4c4cccc-3c24)c([2H])c1[2H]. The topological polar surface area (TPSA) is 9.86 Å². The number of aromatic nitrogens is 2. The molecule has 0 saturated heterocycles. The molecular weight excluding hydrogens is 687 g/mol. The normalized spacial score (nSPS) is 15.6. The Bertz CT molecular complexity index is 3850. The molecule has 4 heterocycles. The fraction of sp³-hybridized carbons (Fsp3) is 0.0741. The lowest BCUT2D eigenvalue weighted by molar-refractivity contribution is 0.591. The summed E-state index contributed by atoms with van der Waals surface area (Å²) in [6.45, 7) is 6.38. The molecule has 57 heavy (non-hydrogen) atoms. The van der Waals surface area contributed by atoms with Crippen molar-refractivity contribution in [1.82, 2.24) is 9.13 Å². The summed E-state index contributed by atoms with van der Waals surface area (Å²) in [6, 6.07) is 34.1. The molecule has 0 amide bonds. The van der Waals surface area contributed by atoms with Gasteiger partial charge in [-0.15, -0.1) is 0 Å². The maximum Gasteiger partial charge on any atom is 0.244 e. The molecule has 0 aliphatic carbocycles. The van der Waals surface area contributed by atoms with Gasteiger partial charge < -0.3 is 9.13 Å². The average molecular weight is 735 g/mol. The molecule has 0 unspecified atom stereocenters. The van der Waals surface area contributed by atoms with Gasteiger partial charge in [-0.25, -0.2) is 0 Å². The zero-order valence-electron chi connectivity index (χ0n) is 41.4. The minimum atomic E-state index is -0.442. The van der Waals surface area contributed by atoms with E-state index in [0.717, 1.165) is 104 Å². The fourth-order valence-corrected chi connectivity index (χ4v) is 10.3. The van der Waals surface area contributed by atoms with E-state index in [1.54, 1.807) is 0 Å². The molecule has 2 aliphatic rings. The first-order chi connectivity index (χ1) is 32.1. The third-order valence-electron chi connectivity index (χ3n) is 12.6. The largest absolute Gasteiger partial charge is 0.309 e. The predicted molar refractivity (Wildman–Crippen MR) is 244 cm³/mol. The Labute approximate surface area is 345 Å². The van der Waals surface area contributed by atoms with Crippen molar-refractivity contribution in [2.75, 3.05) is 0 Å². The molecule has 2 nitrogen and oxygen atoms in total. The van der Waals surface area contributed by atoms with E-state index in [1.807, 2.05) is 57.7 Å². The Morgan fingerprint density at radius 1 is 0.456 bits per heavy atom. The van der Waals surface area contributed by atoms with Crippen molar-refractivity contribution in [2.24, 2.45) is 0 Å². The van der Waals surface area contributed by atoms with Crippen LogP contribution in [-0.2, 0) is 5.41 Å². The highest BCUT2D eigenvalue weighted by Gasteiger charge is 2.41. The van der Waals surface area contributed by atoms with E-state index < -0.39 is 36.3 Å². The predicted octanol–water partition coefficient (Wildman–Crippen LogP) is 12.0. The number of hydrogen-bond donors (Lipinski definition) is 0.